The lowest BCUT2D eigenvalue weighted by Gasteiger charge is -2.58. The molecule has 3 aromatic heterocycles. The van der Waals surface area contributed by atoms with E-state index in [1.807, 2.05) is 70.4 Å². The molecule has 2 fully saturated rings. The van der Waals surface area contributed by atoms with Gasteiger partial charge < -0.3 is 9.64 Å². The lowest BCUT2D eigenvalue weighted by molar-refractivity contribution is -0.0706. The molecule has 0 radical (unpaired) electrons. The van der Waals surface area contributed by atoms with E-state index >= 15 is 0 Å². The number of nitrogens with zero attached hydrogens (tertiary/aromatic N) is 8. The van der Waals surface area contributed by atoms with Crippen molar-refractivity contribution in [2.24, 2.45) is 12.0 Å². The number of nitriles is 1. The molecular formula is C30H36N8O2. The van der Waals surface area contributed by atoms with Gasteiger partial charge in [0.25, 0.3) is 0 Å². The first-order valence-electron chi connectivity index (χ1n) is 13.6. The minimum absolute atomic E-state index is 0.243. The van der Waals surface area contributed by atoms with Gasteiger partial charge in [0.05, 0.1) is 29.0 Å². The second kappa shape index (κ2) is 10.3. The van der Waals surface area contributed by atoms with Crippen molar-refractivity contribution in [1.29, 1.82) is 5.26 Å². The van der Waals surface area contributed by atoms with Crippen molar-refractivity contribution in [3.63, 3.8) is 0 Å². The molecule has 0 saturated carbocycles. The highest BCUT2D eigenvalue weighted by atomic mass is 16.6. The summed E-state index contributed by atoms with van der Waals surface area (Å²) in [5.41, 5.74) is 4.26. The van der Waals surface area contributed by atoms with Gasteiger partial charge in [-0.25, -0.2) is 14.3 Å². The second-order valence-electron chi connectivity index (χ2n) is 11.7. The number of aliphatic imine (C=N–C) groups is 1. The number of carbonyl (C=O) groups excluding carboxylic acids is 1. The molecule has 0 unspecified atom stereocenters. The first-order chi connectivity index (χ1) is 19.0. The Balaban J connectivity index is 1.42. The van der Waals surface area contributed by atoms with E-state index in [4.69, 9.17) is 4.74 Å². The van der Waals surface area contributed by atoms with Crippen molar-refractivity contribution in [2.75, 3.05) is 19.6 Å². The average molecular weight is 541 g/mol. The molecule has 5 heterocycles. The lowest BCUT2D eigenvalue weighted by Crippen LogP contribution is -2.72. The standard InChI is InChI=1S/C30H36N8O2/c1-21(25-13-22(24-16-33-35(6)17-24)18-38-27(25)23(14-31)15-34-38)9-10-26(32-5)36-19-30(20-36)11-7-8-12-37(30)28(39)40-29(2,3)4/h9-10,13,15-18H,5,7-8,11-12,19-20H2,1-4,6H3/b21-9+,26-10+. The number of piperidine rings is 1. The van der Waals surface area contributed by atoms with Gasteiger partial charge in [-0.15, -0.1) is 0 Å². The molecule has 10 heteroatoms. The first kappa shape index (κ1) is 27.2. The molecule has 5 rings (SSSR count). The van der Waals surface area contributed by atoms with Crippen LogP contribution < -0.4 is 0 Å². The zero-order valence-electron chi connectivity index (χ0n) is 23.9. The van der Waals surface area contributed by atoms with Crippen LogP contribution in [0.3, 0.4) is 0 Å². The van der Waals surface area contributed by atoms with Crippen molar-refractivity contribution < 1.29 is 9.53 Å². The Bertz CT molecular complexity index is 1560. The smallest absolute Gasteiger partial charge is 0.410 e. The zero-order chi connectivity index (χ0) is 28.7. The van der Waals surface area contributed by atoms with E-state index in [0.29, 0.717) is 25.2 Å². The van der Waals surface area contributed by atoms with Crippen molar-refractivity contribution in [3.8, 4) is 17.2 Å². The van der Waals surface area contributed by atoms with Crippen LogP contribution in [-0.2, 0) is 11.8 Å². The minimum atomic E-state index is -0.532. The van der Waals surface area contributed by atoms with Gasteiger partial charge in [-0.05, 0) is 71.4 Å². The summed E-state index contributed by atoms with van der Waals surface area (Å²) in [5.74, 6) is 0.744. The number of aryl methyl sites for hydroxylation is 1. The molecule has 2 saturated heterocycles. The number of pyridine rings is 1. The van der Waals surface area contributed by atoms with Gasteiger partial charge in [0.2, 0.25) is 0 Å². The molecule has 0 N–H and O–H groups in total. The number of likely N-dealkylation sites (tertiary alicyclic amines) is 2. The lowest BCUT2D eigenvalue weighted by atomic mass is 9.80. The van der Waals surface area contributed by atoms with Gasteiger partial charge in [0.15, 0.2) is 0 Å². The fourth-order valence-corrected chi connectivity index (χ4v) is 5.63. The second-order valence-corrected chi connectivity index (χ2v) is 11.7. The van der Waals surface area contributed by atoms with Crippen LogP contribution in [0.2, 0.25) is 0 Å². The molecule has 3 aromatic rings. The number of allylic oxidation sites excluding steroid dienone is 3. The SMILES string of the molecule is C=N/C(=C\C=C(/C)c1cc(-c2cnn(C)c2)cn2ncc(C#N)c12)N1CC2(CCCCN2C(=O)OC(C)(C)C)C1. The van der Waals surface area contributed by atoms with Gasteiger partial charge >= 0.3 is 6.09 Å². The summed E-state index contributed by atoms with van der Waals surface area (Å²) >= 11 is 0. The van der Waals surface area contributed by atoms with Crippen molar-refractivity contribution in [1.82, 2.24) is 29.2 Å². The number of rotatable bonds is 5. The third kappa shape index (κ3) is 5.11. The molecule has 10 nitrogen and oxygen atoms in total. The Labute approximate surface area is 234 Å². The van der Waals surface area contributed by atoms with Crippen molar-refractivity contribution >= 4 is 23.9 Å². The van der Waals surface area contributed by atoms with Crippen LogP contribution in [0.4, 0.5) is 4.79 Å². The maximum atomic E-state index is 13.0. The predicted octanol–water partition coefficient (Wildman–Crippen LogP) is 5.03. The van der Waals surface area contributed by atoms with E-state index in [9.17, 15) is 10.1 Å². The van der Waals surface area contributed by atoms with Crippen LogP contribution in [0.15, 0.2) is 53.8 Å². The Morgan fingerprint density at radius 1 is 1.18 bits per heavy atom. The van der Waals surface area contributed by atoms with Gasteiger partial charge in [-0.2, -0.15) is 15.5 Å². The third-order valence-corrected chi connectivity index (χ3v) is 7.59. The quantitative estimate of drug-likeness (QED) is 0.332. The van der Waals surface area contributed by atoms with Crippen LogP contribution in [0.1, 0.15) is 58.1 Å². The molecule has 1 amide bonds. The topological polar surface area (TPSA) is 104 Å². The number of amides is 1. The molecule has 0 aliphatic carbocycles. The molecule has 208 valence electrons. The number of ether oxygens (including phenoxy) is 1. The molecule has 40 heavy (non-hydrogen) atoms. The summed E-state index contributed by atoms with van der Waals surface area (Å²) in [5, 5.41) is 18.4. The third-order valence-electron chi connectivity index (χ3n) is 7.59. The Morgan fingerprint density at radius 2 is 1.95 bits per heavy atom. The van der Waals surface area contributed by atoms with Crippen LogP contribution in [0.5, 0.6) is 0 Å². The summed E-state index contributed by atoms with van der Waals surface area (Å²) in [6, 6.07) is 4.32. The minimum Gasteiger partial charge on any atom is -0.444 e. The highest BCUT2D eigenvalue weighted by Gasteiger charge is 2.52. The summed E-state index contributed by atoms with van der Waals surface area (Å²) in [7, 11) is 1.88. The van der Waals surface area contributed by atoms with E-state index in [1.165, 1.54) is 0 Å². The van der Waals surface area contributed by atoms with E-state index in [2.05, 4.69) is 38.9 Å². The van der Waals surface area contributed by atoms with E-state index in [-0.39, 0.29) is 11.6 Å². The van der Waals surface area contributed by atoms with E-state index < -0.39 is 5.60 Å². The number of fused-ring (bicyclic) bond motifs is 1. The molecule has 0 aromatic carbocycles. The summed E-state index contributed by atoms with van der Waals surface area (Å²) in [4.78, 5) is 21.4. The monoisotopic (exact) mass is 540 g/mol. The zero-order valence-corrected chi connectivity index (χ0v) is 23.9. The largest absolute Gasteiger partial charge is 0.444 e. The average Bonchev–Trinajstić information content (AvgIpc) is 3.52. The summed E-state index contributed by atoms with van der Waals surface area (Å²) in [6.45, 7) is 13.6. The predicted molar refractivity (Wildman–Crippen MR) is 154 cm³/mol. The molecule has 0 atom stereocenters. The normalized spacial score (nSPS) is 17.6. The first-order valence-corrected chi connectivity index (χ1v) is 13.6. The van der Waals surface area contributed by atoms with E-state index in [1.54, 1.807) is 15.4 Å². The van der Waals surface area contributed by atoms with Crippen molar-refractivity contribution in [2.45, 2.75) is 58.1 Å². The highest BCUT2D eigenvalue weighted by Crippen LogP contribution is 2.39. The Kier molecular flexibility index (Phi) is 7.00. The maximum Gasteiger partial charge on any atom is 0.410 e. The molecule has 2 aliphatic heterocycles. The fourth-order valence-electron chi connectivity index (χ4n) is 5.63. The summed E-state index contributed by atoms with van der Waals surface area (Å²) in [6.07, 6.45) is 14.0. The molecule has 0 bridgehead atoms. The van der Waals surface area contributed by atoms with Crippen LogP contribution in [0, 0.1) is 11.3 Å². The van der Waals surface area contributed by atoms with Crippen LogP contribution in [0.25, 0.3) is 22.2 Å². The van der Waals surface area contributed by atoms with Crippen LogP contribution in [-0.4, -0.2) is 72.8 Å². The van der Waals surface area contributed by atoms with Gasteiger partial charge in [-0.1, -0.05) is 6.08 Å². The Hall–Kier alpha value is -4.39. The molecular weight excluding hydrogens is 504 g/mol. The van der Waals surface area contributed by atoms with Gasteiger partial charge in [-0.3, -0.25) is 9.58 Å². The van der Waals surface area contributed by atoms with Crippen molar-refractivity contribution in [3.05, 3.63) is 60.0 Å². The fraction of sp³-hybridized carbons (Fsp3) is 0.433. The summed E-state index contributed by atoms with van der Waals surface area (Å²) < 4.78 is 9.23. The van der Waals surface area contributed by atoms with Gasteiger partial charge in [0.1, 0.15) is 17.5 Å². The molecule has 1 spiro atoms. The number of aromatic nitrogens is 4. The molecule has 2 aliphatic rings. The number of carbonyl (C=O) groups is 1. The van der Waals surface area contributed by atoms with Gasteiger partial charge in [0, 0.05) is 55.8 Å². The van der Waals surface area contributed by atoms with E-state index in [0.717, 1.165) is 52.9 Å². The number of hydrogen-bond donors (Lipinski definition) is 0. The maximum absolute atomic E-state index is 13.0. The highest BCUT2D eigenvalue weighted by molar-refractivity contribution is 5.84. The van der Waals surface area contributed by atoms with Crippen LogP contribution >= 0.6 is 0 Å². The Morgan fingerprint density at radius 3 is 2.60 bits per heavy atom. The number of hydrogen-bond acceptors (Lipinski definition) is 7.